The van der Waals surface area contributed by atoms with Crippen molar-refractivity contribution >= 4 is 17.8 Å². The molecule has 0 radical (unpaired) electrons. The summed E-state index contributed by atoms with van der Waals surface area (Å²) in [5.41, 5.74) is 1.34. The zero-order chi connectivity index (χ0) is 19.5. The molecule has 0 saturated heterocycles. The second-order valence-corrected chi connectivity index (χ2v) is 6.06. The summed E-state index contributed by atoms with van der Waals surface area (Å²) in [6, 6.07) is 5.77. The third-order valence-corrected chi connectivity index (χ3v) is 3.54. The maximum Gasteiger partial charge on any atom is 0.451 e. The van der Waals surface area contributed by atoms with E-state index in [4.69, 9.17) is 0 Å². The largest absolute Gasteiger partial charge is 0.451 e. The second kappa shape index (κ2) is 7.54. The number of halogens is 3. The monoisotopic (exact) mass is 369 g/mol. The van der Waals surface area contributed by atoms with Crippen LogP contribution < -0.4 is 10.6 Å². The van der Waals surface area contributed by atoms with Crippen LogP contribution in [0.25, 0.3) is 0 Å². The van der Waals surface area contributed by atoms with Crippen LogP contribution in [0.1, 0.15) is 35.6 Å². The number of nitrogens with zero attached hydrogens (tertiary/aromatic N) is 2. The summed E-state index contributed by atoms with van der Waals surface area (Å²) < 4.78 is 37.5. The van der Waals surface area contributed by atoms with E-state index in [1.54, 1.807) is 43.2 Å². The summed E-state index contributed by atoms with van der Waals surface area (Å²) in [4.78, 5) is 27.8. The minimum absolute atomic E-state index is 0.314. The number of carbonyl (C=O) groups is 2. The number of carbonyl (C=O) groups excluding carboxylic acids is 2. The Bertz CT molecular complexity index is 784. The number of aryl methyl sites for hydroxylation is 1. The predicted octanol–water partition coefficient (Wildman–Crippen LogP) is 2.53. The zero-order valence-electron chi connectivity index (χ0n) is 14.3. The zero-order valence-corrected chi connectivity index (χ0v) is 14.3. The third-order valence-electron chi connectivity index (χ3n) is 3.54. The van der Waals surface area contributed by atoms with Crippen molar-refractivity contribution in [3.8, 4) is 0 Å². The summed E-state index contributed by atoms with van der Waals surface area (Å²) in [6.45, 7) is 5.26. The minimum atomic E-state index is -4.70. The molecular formula is C16H18F3N5O2. The van der Waals surface area contributed by atoms with Gasteiger partial charge < -0.3 is 5.32 Å². The van der Waals surface area contributed by atoms with Gasteiger partial charge >= 0.3 is 6.18 Å². The molecule has 1 aromatic heterocycles. The number of amides is 2. The summed E-state index contributed by atoms with van der Waals surface area (Å²) in [5.74, 6) is -3.33. The lowest BCUT2D eigenvalue weighted by atomic mass is 10.0. The molecule has 0 fully saturated rings. The number of alkyl halides is 3. The number of H-pyrrole nitrogens is 1. The quantitative estimate of drug-likeness (QED) is 0.754. The van der Waals surface area contributed by atoms with Crippen LogP contribution in [-0.4, -0.2) is 33.0 Å². The summed E-state index contributed by atoms with van der Waals surface area (Å²) in [7, 11) is 0. The van der Waals surface area contributed by atoms with E-state index in [1.165, 1.54) is 0 Å². The molecule has 0 aliphatic rings. The number of benzene rings is 1. The van der Waals surface area contributed by atoms with Crippen molar-refractivity contribution in [1.82, 2.24) is 20.5 Å². The fourth-order valence-electron chi connectivity index (χ4n) is 2.10. The molecule has 2 rings (SSSR count). The molecule has 7 nitrogen and oxygen atoms in total. The lowest BCUT2D eigenvalue weighted by Gasteiger charge is -2.21. The van der Waals surface area contributed by atoms with Crippen molar-refractivity contribution < 1.29 is 22.8 Å². The highest BCUT2D eigenvalue weighted by Crippen LogP contribution is 2.26. The summed E-state index contributed by atoms with van der Waals surface area (Å²) >= 11 is 0. The molecule has 0 bridgehead atoms. The van der Waals surface area contributed by atoms with Gasteiger partial charge in [0, 0.05) is 5.56 Å². The van der Waals surface area contributed by atoms with Crippen LogP contribution in [0.4, 0.5) is 19.1 Å². The van der Waals surface area contributed by atoms with Crippen molar-refractivity contribution in [3.05, 3.63) is 41.2 Å². The Labute approximate surface area is 147 Å². The SMILES string of the molecule is Cc1ccc(C(=O)NC(C(=O)Nc2n[nH]c(C(F)(F)F)n2)C(C)C)cc1. The van der Waals surface area contributed by atoms with E-state index < -0.39 is 35.8 Å². The smallest absolute Gasteiger partial charge is 0.340 e. The van der Waals surface area contributed by atoms with E-state index in [2.05, 4.69) is 20.7 Å². The molecule has 0 spiro atoms. The molecule has 1 aromatic carbocycles. The molecule has 10 heteroatoms. The number of hydrogen-bond acceptors (Lipinski definition) is 4. The van der Waals surface area contributed by atoms with Crippen molar-refractivity contribution in [2.45, 2.75) is 33.0 Å². The first-order valence-electron chi connectivity index (χ1n) is 7.76. The van der Waals surface area contributed by atoms with Crippen LogP contribution in [0.5, 0.6) is 0 Å². The summed E-state index contributed by atoms with van der Waals surface area (Å²) in [5, 5.41) is 9.76. The van der Waals surface area contributed by atoms with Gasteiger partial charge in [0.1, 0.15) is 6.04 Å². The Morgan fingerprint density at radius 1 is 1.15 bits per heavy atom. The summed E-state index contributed by atoms with van der Waals surface area (Å²) in [6.07, 6.45) is -4.70. The van der Waals surface area contributed by atoms with E-state index in [0.717, 1.165) is 5.56 Å². The molecule has 0 aliphatic carbocycles. The molecule has 3 N–H and O–H groups in total. The van der Waals surface area contributed by atoms with Crippen LogP contribution in [0, 0.1) is 12.8 Å². The first-order valence-corrected chi connectivity index (χ1v) is 7.76. The predicted molar refractivity (Wildman–Crippen MR) is 87.3 cm³/mol. The Balaban J connectivity index is 2.08. The molecule has 0 saturated carbocycles. The van der Waals surface area contributed by atoms with Gasteiger partial charge in [-0.15, -0.1) is 5.10 Å². The number of rotatable bonds is 5. The number of hydrogen-bond donors (Lipinski definition) is 3. The lowest BCUT2D eigenvalue weighted by Crippen LogP contribution is -2.47. The van der Waals surface area contributed by atoms with E-state index in [9.17, 15) is 22.8 Å². The molecule has 140 valence electrons. The van der Waals surface area contributed by atoms with Crippen LogP contribution in [0.15, 0.2) is 24.3 Å². The first-order chi connectivity index (χ1) is 12.1. The lowest BCUT2D eigenvalue weighted by molar-refractivity contribution is -0.144. The van der Waals surface area contributed by atoms with Gasteiger partial charge in [0.15, 0.2) is 0 Å². The van der Waals surface area contributed by atoms with Gasteiger partial charge in [0.25, 0.3) is 5.91 Å². The molecule has 1 heterocycles. The highest BCUT2D eigenvalue weighted by atomic mass is 19.4. The van der Waals surface area contributed by atoms with Crippen LogP contribution in [0.3, 0.4) is 0 Å². The normalized spacial score (nSPS) is 12.7. The van der Waals surface area contributed by atoms with Crippen molar-refractivity contribution in [3.63, 3.8) is 0 Å². The molecule has 2 amide bonds. The minimum Gasteiger partial charge on any atom is -0.340 e. The van der Waals surface area contributed by atoms with Gasteiger partial charge in [-0.25, -0.2) is 0 Å². The highest BCUT2D eigenvalue weighted by molar-refractivity contribution is 6.00. The maximum atomic E-state index is 12.5. The standard InChI is InChI=1S/C16H18F3N5O2/c1-8(2)11(20-12(25)10-6-4-9(3)5-7-10)13(26)21-15-22-14(23-24-15)16(17,18)19/h4-8,11H,1-3H3,(H,20,25)(H2,21,22,23,24,26). The average Bonchev–Trinajstić information content (AvgIpc) is 3.01. The van der Waals surface area contributed by atoms with Crippen molar-refractivity contribution in [2.24, 2.45) is 5.92 Å². The molecule has 1 atom stereocenters. The number of nitrogens with one attached hydrogen (secondary N) is 3. The number of anilines is 1. The average molecular weight is 369 g/mol. The Hall–Kier alpha value is -2.91. The van der Waals surface area contributed by atoms with E-state index in [1.807, 2.05) is 6.92 Å². The van der Waals surface area contributed by atoms with Gasteiger partial charge in [0.2, 0.25) is 17.7 Å². The van der Waals surface area contributed by atoms with Gasteiger partial charge in [-0.05, 0) is 25.0 Å². The Kier molecular flexibility index (Phi) is 5.63. The van der Waals surface area contributed by atoms with Crippen LogP contribution in [-0.2, 0) is 11.0 Å². The van der Waals surface area contributed by atoms with E-state index in [-0.39, 0.29) is 5.92 Å². The van der Waals surface area contributed by atoms with E-state index >= 15 is 0 Å². The second-order valence-electron chi connectivity index (χ2n) is 6.06. The molecular weight excluding hydrogens is 351 g/mol. The molecule has 2 aromatic rings. The van der Waals surface area contributed by atoms with Crippen molar-refractivity contribution in [1.29, 1.82) is 0 Å². The van der Waals surface area contributed by atoms with Crippen LogP contribution >= 0.6 is 0 Å². The van der Waals surface area contributed by atoms with Gasteiger partial charge in [0.05, 0.1) is 0 Å². The maximum absolute atomic E-state index is 12.5. The first kappa shape index (κ1) is 19.4. The van der Waals surface area contributed by atoms with E-state index in [0.29, 0.717) is 5.56 Å². The Morgan fingerprint density at radius 3 is 2.27 bits per heavy atom. The Morgan fingerprint density at radius 2 is 1.77 bits per heavy atom. The van der Waals surface area contributed by atoms with Crippen molar-refractivity contribution in [2.75, 3.05) is 5.32 Å². The fraction of sp³-hybridized carbons (Fsp3) is 0.375. The van der Waals surface area contributed by atoms with Gasteiger partial charge in [-0.1, -0.05) is 31.5 Å². The fourth-order valence-corrected chi connectivity index (χ4v) is 2.10. The molecule has 0 aliphatic heterocycles. The number of aromatic amines is 1. The third kappa shape index (κ3) is 4.80. The highest BCUT2D eigenvalue weighted by Gasteiger charge is 2.35. The molecule has 1 unspecified atom stereocenters. The van der Waals surface area contributed by atoms with Gasteiger partial charge in [-0.2, -0.15) is 18.2 Å². The van der Waals surface area contributed by atoms with Crippen LogP contribution in [0.2, 0.25) is 0 Å². The van der Waals surface area contributed by atoms with Gasteiger partial charge in [-0.3, -0.25) is 20.0 Å². The number of aromatic nitrogens is 3. The molecule has 26 heavy (non-hydrogen) atoms. The topological polar surface area (TPSA) is 99.8 Å².